The van der Waals surface area contributed by atoms with E-state index in [2.05, 4.69) is 15.3 Å². The SMILES string of the molecule is CCS(=O)(=O)c1ccc([C@H](CO)NC(=O)c2cnc(N3C[C@H](Oc4ccc(C(F)(F)F)cc4)C[C@H]3CO[C@@H]3CCOC3)nc2)cc1. The molecule has 248 valence electrons. The summed E-state index contributed by atoms with van der Waals surface area (Å²) in [5, 5.41) is 12.6. The Hall–Kier alpha value is -3.79. The molecule has 4 atom stereocenters. The molecular weight excluding hydrogens is 629 g/mol. The van der Waals surface area contributed by atoms with Crippen molar-refractivity contribution in [3.63, 3.8) is 0 Å². The van der Waals surface area contributed by atoms with Gasteiger partial charge < -0.3 is 29.5 Å². The van der Waals surface area contributed by atoms with E-state index in [4.69, 9.17) is 14.2 Å². The first-order valence-corrected chi connectivity index (χ1v) is 16.5. The second kappa shape index (κ2) is 14.3. The molecule has 46 heavy (non-hydrogen) atoms. The number of anilines is 1. The Labute approximate surface area is 264 Å². The molecule has 15 heteroatoms. The highest BCUT2D eigenvalue weighted by atomic mass is 32.2. The third kappa shape index (κ3) is 8.13. The second-order valence-corrected chi connectivity index (χ2v) is 13.4. The van der Waals surface area contributed by atoms with Crippen LogP contribution < -0.4 is 15.0 Å². The van der Waals surface area contributed by atoms with E-state index in [0.29, 0.717) is 50.0 Å². The molecule has 2 aromatic carbocycles. The fraction of sp³-hybridized carbons (Fsp3) is 0.452. The molecule has 0 saturated carbocycles. The van der Waals surface area contributed by atoms with Gasteiger partial charge in [0.2, 0.25) is 5.95 Å². The standard InChI is InChI=1S/C31H35F3N4O7S/c1-2-46(41,42)27-9-3-20(4-10-27)28(17-39)37-29(40)21-14-35-30(36-15-21)38-16-26(13-23(38)18-44-25-11-12-43-19-25)45-24-7-5-22(6-8-24)31(32,33)34/h3-10,14-15,23,25-26,28,39H,2,11-13,16-19H2,1H3,(H,37,40)/t23-,25+,26+,28-/m0/s1. The van der Waals surface area contributed by atoms with Crippen LogP contribution in [-0.2, 0) is 25.5 Å². The number of benzene rings is 2. The maximum Gasteiger partial charge on any atom is 0.416 e. The summed E-state index contributed by atoms with van der Waals surface area (Å²) in [5.41, 5.74) is -0.101. The van der Waals surface area contributed by atoms with E-state index in [-0.39, 0.29) is 34.5 Å². The number of aliphatic hydroxyl groups is 1. The summed E-state index contributed by atoms with van der Waals surface area (Å²) in [6.45, 7) is 2.89. The number of amides is 1. The van der Waals surface area contributed by atoms with Crippen LogP contribution in [0.1, 0.15) is 47.3 Å². The molecule has 1 aromatic heterocycles. The number of aromatic nitrogens is 2. The summed E-state index contributed by atoms with van der Waals surface area (Å²) in [6, 6.07) is 9.48. The number of sulfone groups is 1. The first-order valence-electron chi connectivity index (χ1n) is 14.8. The predicted octanol–water partition coefficient (Wildman–Crippen LogP) is 3.58. The molecule has 3 heterocycles. The molecule has 0 bridgehead atoms. The zero-order valence-electron chi connectivity index (χ0n) is 25.0. The molecule has 2 N–H and O–H groups in total. The van der Waals surface area contributed by atoms with Crippen LogP contribution in [0.25, 0.3) is 0 Å². The van der Waals surface area contributed by atoms with Gasteiger partial charge in [-0.2, -0.15) is 13.2 Å². The molecule has 2 saturated heterocycles. The normalized spacial score (nSPS) is 20.9. The van der Waals surface area contributed by atoms with Crippen LogP contribution in [-0.4, -0.2) is 86.4 Å². The van der Waals surface area contributed by atoms with Crippen molar-refractivity contribution in [2.24, 2.45) is 0 Å². The number of hydrogen-bond donors (Lipinski definition) is 2. The minimum absolute atomic E-state index is 0.0456. The van der Waals surface area contributed by atoms with E-state index in [1.165, 1.54) is 36.7 Å². The molecule has 0 aliphatic carbocycles. The number of carbonyl (C=O) groups excluding carboxylic acids is 1. The second-order valence-electron chi connectivity index (χ2n) is 11.1. The smallest absolute Gasteiger partial charge is 0.416 e. The lowest BCUT2D eigenvalue weighted by atomic mass is 10.1. The van der Waals surface area contributed by atoms with Crippen LogP contribution in [0.3, 0.4) is 0 Å². The van der Waals surface area contributed by atoms with Crippen molar-refractivity contribution in [3.8, 4) is 5.75 Å². The number of rotatable bonds is 12. The largest absolute Gasteiger partial charge is 0.489 e. The van der Waals surface area contributed by atoms with Gasteiger partial charge in [-0.05, 0) is 48.4 Å². The van der Waals surface area contributed by atoms with Gasteiger partial charge in [0.25, 0.3) is 5.91 Å². The molecule has 2 fully saturated rings. The van der Waals surface area contributed by atoms with Gasteiger partial charge in [0.05, 0.1) is 66.3 Å². The Morgan fingerprint density at radius 3 is 2.39 bits per heavy atom. The van der Waals surface area contributed by atoms with Gasteiger partial charge in [-0.15, -0.1) is 0 Å². The van der Waals surface area contributed by atoms with Crippen molar-refractivity contribution in [1.82, 2.24) is 15.3 Å². The molecule has 2 aliphatic rings. The van der Waals surface area contributed by atoms with Crippen LogP contribution in [0.15, 0.2) is 65.8 Å². The maximum atomic E-state index is 13.0. The van der Waals surface area contributed by atoms with E-state index in [0.717, 1.165) is 18.6 Å². The maximum absolute atomic E-state index is 13.0. The van der Waals surface area contributed by atoms with Gasteiger partial charge >= 0.3 is 6.18 Å². The number of halogens is 3. The molecule has 0 radical (unpaired) electrons. The summed E-state index contributed by atoms with van der Waals surface area (Å²) in [7, 11) is -3.39. The Balaban J connectivity index is 1.26. The molecule has 2 aliphatic heterocycles. The van der Waals surface area contributed by atoms with Gasteiger partial charge in [-0.1, -0.05) is 19.1 Å². The highest BCUT2D eigenvalue weighted by Crippen LogP contribution is 2.32. The van der Waals surface area contributed by atoms with Crippen molar-refractivity contribution < 1.29 is 45.7 Å². The highest BCUT2D eigenvalue weighted by Gasteiger charge is 2.37. The first kappa shape index (κ1) is 33.6. The van der Waals surface area contributed by atoms with E-state index >= 15 is 0 Å². The number of nitrogens with zero attached hydrogens (tertiary/aromatic N) is 3. The number of ether oxygens (including phenoxy) is 3. The third-order valence-electron chi connectivity index (χ3n) is 7.94. The minimum atomic E-state index is -4.44. The van der Waals surface area contributed by atoms with Gasteiger partial charge in [-0.3, -0.25) is 4.79 Å². The summed E-state index contributed by atoms with van der Waals surface area (Å²) in [6.07, 6.45) is -0.895. The number of nitrogens with one attached hydrogen (secondary N) is 1. The van der Waals surface area contributed by atoms with Crippen molar-refractivity contribution in [2.45, 2.75) is 55.1 Å². The lowest BCUT2D eigenvalue weighted by Gasteiger charge is -2.25. The number of carbonyl (C=O) groups is 1. The molecular formula is C31H35F3N4O7S. The molecule has 1 amide bonds. The topological polar surface area (TPSA) is 140 Å². The Kier molecular flexibility index (Phi) is 10.5. The van der Waals surface area contributed by atoms with Gasteiger partial charge in [0.15, 0.2) is 9.84 Å². The number of aliphatic hydroxyl groups excluding tert-OH is 1. The summed E-state index contributed by atoms with van der Waals surface area (Å²) >= 11 is 0. The quantitative estimate of drug-likeness (QED) is 0.295. The van der Waals surface area contributed by atoms with Crippen molar-refractivity contribution in [1.29, 1.82) is 0 Å². The number of hydrogen-bond acceptors (Lipinski definition) is 10. The average Bonchev–Trinajstić information content (AvgIpc) is 3.72. The fourth-order valence-electron chi connectivity index (χ4n) is 5.31. The lowest BCUT2D eigenvalue weighted by molar-refractivity contribution is -0.137. The molecule has 11 nitrogen and oxygen atoms in total. The van der Waals surface area contributed by atoms with Crippen LogP contribution >= 0.6 is 0 Å². The number of alkyl halides is 3. The zero-order valence-corrected chi connectivity index (χ0v) is 25.8. The van der Waals surface area contributed by atoms with Crippen molar-refractivity contribution in [3.05, 3.63) is 77.6 Å². The van der Waals surface area contributed by atoms with E-state index in [9.17, 15) is 31.5 Å². The molecule has 0 unspecified atom stereocenters. The van der Waals surface area contributed by atoms with Crippen LogP contribution in [0.4, 0.5) is 19.1 Å². The van der Waals surface area contributed by atoms with E-state index in [1.54, 1.807) is 19.1 Å². The van der Waals surface area contributed by atoms with Gasteiger partial charge in [0.1, 0.15) is 11.9 Å². The Morgan fingerprint density at radius 1 is 1.11 bits per heavy atom. The fourth-order valence-corrected chi connectivity index (χ4v) is 6.19. The predicted molar refractivity (Wildman–Crippen MR) is 160 cm³/mol. The lowest BCUT2D eigenvalue weighted by Crippen LogP contribution is -2.36. The van der Waals surface area contributed by atoms with Crippen molar-refractivity contribution in [2.75, 3.05) is 43.6 Å². The Morgan fingerprint density at radius 2 is 1.80 bits per heavy atom. The van der Waals surface area contributed by atoms with Gasteiger partial charge in [0, 0.05) is 25.4 Å². The zero-order chi connectivity index (χ0) is 32.9. The average molecular weight is 665 g/mol. The summed E-state index contributed by atoms with van der Waals surface area (Å²) in [4.78, 5) is 23.9. The third-order valence-corrected chi connectivity index (χ3v) is 9.69. The van der Waals surface area contributed by atoms with E-state index < -0.39 is 40.1 Å². The minimum Gasteiger partial charge on any atom is -0.489 e. The van der Waals surface area contributed by atoms with Crippen LogP contribution in [0, 0.1) is 0 Å². The Bertz CT molecular complexity index is 1570. The van der Waals surface area contributed by atoms with Gasteiger partial charge in [-0.25, -0.2) is 18.4 Å². The highest BCUT2D eigenvalue weighted by molar-refractivity contribution is 7.91. The monoisotopic (exact) mass is 664 g/mol. The molecule has 3 aromatic rings. The molecule has 0 spiro atoms. The first-order chi connectivity index (χ1) is 22.0. The van der Waals surface area contributed by atoms with Crippen LogP contribution in [0.2, 0.25) is 0 Å². The van der Waals surface area contributed by atoms with Crippen LogP contribution in [0.5, 0.6) is 5.75 Å². The van der Waals surface area contributed by atoms with Crippen molar-refractivity contribution >= 4 is 21.7 Å². The van der Waals surface area contributed by atoms with E-state index in [1.807, 2.05) is 4.90 Å². The molecule has 5 rings (SSSR count). The summed E-state index contributed by atoms with van der Waals surface area (Å²) in [5.74, 6) is 0.0344. The summed E-state index contributed by atoms with van der Waals surface area (Å²) < 4.78 is 80.6.